The van der Waals surface area contributed by atoms with Crippen molar-refractivity contribution in [1.29, 1.82) is 0 Å². The summed E-state index contributed by atoms with van der Waals surface area (Å²) in [5, 5.41) is 0. The molecule has 0 bridgehead atoms. The molecule has 1 rings (SSSR count). The van der Waals surface area contributed by atoms with Gasteiger partial charge in [0.15, 0.2) is 0 Å². The van der Waals surface area contributed by atoms with Crippen LogP contribution in [0.4, 0.5) is 13.2 Å². The molecule has 0 unspecified atom stereocenters. The van der Waals surface area contributed by atoms with E-state index in [9.17, 15) is 22.8 Å². The monoisotopic (exact) mass is 374 g/mol. The molecule has 5 nitrogen and oxygen atoms in total. The van der Waals surface area contributed by atoms with Gasteiger partial charge in [-0.25, -0.2) is 5.43 Å². The number of hydrogen-bond donors (Lipinski definition) is 2. The van der Waals surface area contributed by atoms with Crippen LogP contribution in [-0.4, -0.2) is 24.5 Å². The Bertz CT molecular complexity index is 615. The van der Waals surface area contributed by atoms with Crippen molar-refractivity contribution in [3.63, 3.8) is 0 Å². The maximum absolute atomic E-state index is 12.6. The zero-order valence-corrected chi connectivity index (χ0v) is 15.4. The lowest BCUT2D eigenvalue weighted by Gasteiger charge is -2.30. The molecule has 1 aromatic carbocycles. The number of amides is 1. The molecule has 1 aromatic rings. The molecule has 0 heterocycles. The highest BCUT2D eigenvalue weighted by Gasteiger charge is 2.31. The number of nitrogens with one attached hydrogen (secondary N) is 2. The van der Waals surface area contributed by atoms with E-state index < -0.39 is 29.2 Å². The second-order valence-corrected chi connectivity index (χ2v) is 6.90. The van der Waals surface area contributed by atoms with Crippen LogP contribution in [-0.2, 0) is 15.7 Å². The Morgan fingerprint density at radius 3 is 2.19 bits per heavy atom. The minimum absolute atomic E-state index is 0.0452. The van der Waals surface area contributed by atoms with E-state index in [1.807, 2.05) is 13.8 Å². The second kappa shape index (κ2) is 9.02. The molecule has 0 aliphatic rings. The van der Waals surface area contributed by atoms with Gasteiger partial charge in [-0.15, -0.1) is 0 Å². The van der Waals surface area contributed by atoms with Gasteiger partial charge in [0.05, 0.1) is 19.1 Å². The van der Waals surface area contributed by atoms with E-state index >= 15 is 0 Å². The zero-order chi connectivity index (χ0) is 20.0. The number of hydrazine groups is 1. The molecule has 0 radical (unpaired) electrons. The molecule has 1 amide bonds. The van der Waals surface area contributed by atoms with Crippen molar-refractivity contribution in [2.45, 2.75) is 51.7 Å². The van der Waals surface area contributed by atoms with Gasteiger partial charge in [0, 0.05) is 11.1 Å². The molecular weight excluding hydrogens is 349 g/mol. The Morgan fingerprint density at radius 1 is 1.15 bits per heavy atom. The van der Waals surface area contributed by atoms with Crippen LogP contribution in [0.3, 0.4) is 0 Å². The van der Waals surface area contributed by atoms with E-state index in [1.54, 1.807) is 6.92 Å². The third kappa shape index (κ3) is 7.03. The normalized spacial score (nSPS) is 14.0. The quantitative estimate of drug-likeness (QED) is 0.538. The first kappa shape index (κ1) is 22.0. The number of alkyl halides is 3. The van der Waals surface area contributed by atoms with Crippen molar-refractivity contribution >= 4 is 11.9 Å². The van der Waals surface area contributed by atoms with Crippen molar-refractivity contribution in [1.82, 2.24) is 10.9 Å². The number of benzene rings is 1. The molecule has 0 saturated heterocycles. The Labute approximate surface area is 151 Å². The van der Waals surface area contributed by atoms with Crippen LogP contribution in [0.5, 0.6) is 0 Å². The van der Waals surface area contributed by atoms with Crippen LogP contribution in [0, 0.1) is 5.92 Å². The zero-order valence-electron chi connectivity index (χ0n) is 15.4. The highest BCUT2D eigenvalue weighted by molar-refractivity contribution is 5.93. The SMILES string of the molecule is COC(=O)C[C@](C)(CCC(C)C)NNC(=O)c1ccc(C(F)(F)F)cc1. The summed E-state index contributed by atoms with van der Waals surface area (Å²) in [6.45, 7) is 5.86. The number of rotatable bonds is 8. The Kier molecular flexibility index (Phi) is 7.62. The number of methoxy groups -OCH3 is 1. The molecule has 146 valence electrons. The summed E-state index contributed by atoms with van der Waals surface area (Å²) in [6, 6.07) is 3.90. The molecule has 26 heavy (non-hydrogen) atoms. The number of ether oxygens (including phenoxy) is 1. The third-order valence-corrected chi connectivity index (χ3v) is 3.99. The molecule has 0 aliphatic carbocycles. The Morgan fingerprint density at radius 2 is 1.73 bits per heavy atom. The average molecular weight is 374 g/mol. The minimum atomic E-state index is -4.46. The van der Waals surface area contributed by atoms with Crippen LogP contribution in [0.2, 0.25) is 0 Å². The van der Waals surface area contributed by atoms with Crippen LogP contribution in [0.15, 0.2) is 24.3 Å². The lowest BCUT2D eigenvalue weighted by Crippen LogP contribution is -2.53. The summed E-state index contributed by atoms with van der Waals surface area (Å²) in [6.07, 6.45) is -2.99. The molecule has 0 saturated carbocycles. The first-order chi connectivity index (χ1) is 12.0. The van der Waals surface area contributed by atoms with E-state index in [0.717, 1.165) is 30.7 Å². The summed E-state index contributed by atoms with van der Waals surface area (Å²) in [5.74, 6) is -0.605. The lowest BCUT2D eigenvalue weighted by molar-refractivity contribution is -0.142. The van der Waals surface area contributed by atoms with E-state index in [0.29, 0.717) is 12.3 Å². The first-order valence-electron chi connectivity index (χ1n) is 8.28. The van der Waals surface area contributed by atoms with Gasteiger partial charge in [0.25, 0.3) is 5.91 Å². The van der Waals surface area contributed by atoms with Gasteiger partial charge < -0.3 is 4.74 Å². The third-order valence-electron chi connectivity index (χ3n) is 3.99. The number of carbonyl (C=O) groups excluding carboxylic acids is 2. The van der Waals surface area contributed by atoms with Crippen LogP contribution in [0.25, 0.3) is 0 Å². The maximum atomic E-state index is 12.6. The molecule has 0 fully saturated rings. The number of halogens is 3. The van der Waals surface area contributed by atoms with E-state index in [-0.39, 0.29) is 12.0 Å². The number of carbonyl (C=O) groups is 2. The average Bonchev–Trinajstić information content (AvgIpc) is 2.57. The molecule has 1 atom stereocenters. The second-order valence-electron chi connectivity index (χ2n) is 6.90. The van der Waals surface area contributed by atoms with Crippen LogP contribution in [0.1, 0.15) is 56.0 Å². The molecule has 0 aromatic heterocycles. The van der Waals surface area contributed by atoms with Gasteiger partial charge in [0.2, 0.25) is 0 Å². The molecule has 0 aliphatic heterocycles. The summed E-state index contributed by atoms with van der Waals surface area (Å²) < 4.78 is 42.4. The summed E-state index contributed by atoms with van der Waals surface area (Å²) in [7, 11) is 1.28. The fourth-order valence-electron chi connectivity index (χ4n) is 2.28. The molecule has 8 heteroatoms. The standard InChI is InChI=1S/C18H25F3N2O3/c1-12(2)9-10-17(3,11-15(24)26-4)23-22-16(25)13-5-7-14(8-6-13)18(19,20)21/h5-8,12,23H,9-11H2,1-4H3,(H,22,25)/t17-/m0/s1. The van der Waals surface area contributed by atoms with Crippen molar-refractivity contribution in [3.05, 3.63) is 35.4 Å². The van der Waals surface area contributed by atoms with Gasteiger partial charge in [-0.3, -0.25) is 15.0 Å². The van der Waals surface area contributed by atoms with Crippen LogP contribution >= 0.6 is 0 Å². The van der Waals surface area contributed by atoms with Gasteiger partial charge in [0.1, 0.15) is 0 Å². The van der Waals surface area contributed by atoms with Gasteiger partial charge in [-0.05, 0) is 49.9 Å². The summed E-state index contributed by atoms with van der Waals surface area (Å²) in [5.41, 5.74) is 3.83. The summed E-state index contributed by atoms with van der Waals surface area (Å²) in [4.78, 5) is 23.8. The topological polar surface area (TPSA) is 67.4 Å². The first-order valence-corrected chi connectivity index (χ1v) is 8.28. The Balaban J connectivity index is 2.77. The number of esters is 1. The van der Waals surface area contributed by atoms with Crippen molar-refractivity contribution in [2.75, 3.05) is 7.11 Å². The smallest absolute Gasteiger partial charge is 0.416 e. The van der Waals surface area contributed by atoms with Gasteiger partial charge in [-0.2, -0.15) is 13.2 Å². The largest absolute Gasteiger partial charge is 0.469 e. The molecular formula is C18H25F3N2O3. The van der Waals surface area contributed by atoms with E-state index in [2.05, 4.69) is 10.9 Å². The fourth-order valence-corrected chi connectivity index (χ4v) is 2.28. The van der Waals surface area contributed by atoms with E-state index in [1.165, 1.54) is 7.11 Å². The number of hydrogen-bond acceptors (Lipinski definition) is 4. The van der Waals surface area contributed by atoms with Gasteiger partial charge >= 0.3 is 12.1 Å². The highest BCUT2D eigenvalue weighted by Crippen LogP contribution is 2.29. The maximum Gasteiger partial charge on any atom is 0.416 e. The van der Waals surface area contributed by atoms with Crippen molar-refractivity contribution < 1.29 is 27.5 Å². The predicted octanol–water partition coefficient (Wildman–Crippen LogP) is 3.70. The molecule has 0 spiro atoms. The van der Waals surface area contributed by atoms with Crippen molar-refractivity contribution in [2.24, 2.45) is 5.92 Å². The predicted molar refractivity (Wildman–Crippen MR) is 91.2 cm³/mol. The van der Waals surface area contributed by atoms with E-state index in [4.69, 9.17) is 4.74 Å². The Hall–Kier alpha value is -2.09. The lowest BCUT2D eigenvalue weighted by atomic mass is 9.89. The fraction of sp³-hybridized carbons (Fsp3) is 0.556. The van der Waals surface area contributed by atoms with Crippen molar-refractivity contribution in [3.8, 4) is 0 Å². The summed E-state index contributed by atoms with van der Waals surface area (Å²) >= 11 is 0. The molecule has 2 N–H and O–H groups in total. The highest BCUT2D eigenvalue weighted by atomic mass is 19.4. The minimum Gasteiger partial charge on any atom is -0.469 e. The van der Waals surface area contributed by atoms with Crippen LogP contribution < -0.4 is 10.9 Å². The van der Waals surface area contributed by atoms with Gasteiger partial charge in [-0.1, -0.05) is 13.8 Å².